The SMILES string of the molecule is C=C(C)C(=O)OCCNC(=O)OC(CCOCCCOCCC(COC(C)(C)CCN1CCCC1=O)OC(=O)NCCOC(=O)C(=C)C)COC(C)(C)CCN1CCCC1=O. The molecule has 2 unspecified atom stereocenters. The van der Waals surface area contributed by atoms with E-state index in [4.69, 9.17) is 37.9 Å². The van der Waals surface area contributed by atoms with Crippen molar-refractivity contribution < 1.29 is 66.7 Å². The van der Waals surface area contributed by atoms with E-state index >= 15 is 0 Å². The summed E-state index contributed by atoms with van der Waals surface area (Å²) in [5.41, 5.74) is -0.648. The highest BCUT2D eigenvalue weighted by Gasteiger charge is 2.28. The van der Waals surface area contributed by atoms with Crippen LogP contribution in [0, 0.1) is 0 Å². The van der Waals surface area contributed by atoms with Crippen molar-refractivity contribution in [1.82, 2.24) is 20.4 Å². The number of alkyl carbamates (subject to hydrolysis) is 2. The van der Waals surface area contributed by atoms with Crippen molar-refractivity contribution >= 4 is 35.9 Å². The van der Waals surface area contributed by atoms with Crippen LogP contribution in [-0.4, -0.2) is 161 Å². The lowest BCUT2D eigenvalue weighted by atomic mass is 10.0. The van der Waals surface area contributed by atoms with Crippen LogP contribution in [0.2, 0.25) is 0 Å². The number of carbonyl (C=O) groups is 6. The normalized spacial score (nSPS) is 15.3. The van der Waals surface area contributed by atoms with Crippen LogP contribution in [0.4, 0.5) is 9.59 Å². The van der Waals surface area contributed by atoms with Crippen LogP contribution in [-0.2, 0) is 57.1 Å². The molecule has 2 atom stereocenters. The molecule has 0 aromatic heterocycles. The fourth-order valence-electron chi connectivity index (χ4n) is 5.95. The molecule has 348 valence electrons. The third-order valence-corrected chi connectivity index (χ3v) is 9.83. The van der Waals surface area contributed by atoms with Gasteiger partial charge in [-0.25, -0.2) is 19.2 Å². The molecule has 0 radical (unpaired) electrons. The highest BCUT2D eigenvalue weighted by atomic mass is 16.6. The van der Waals surface area contributed by atoms with Crippen LogP contribution < -0.4 is 10.6 Å². The minimum Gasteiger partial charge on any atom is -0.460 e. The smallest absolute Gasteiger partial charge is 0.407 e. The average molecular weight is 869 g/mol. The van der Waals surface area contributed by atoms with Gasteiger partial charge in [0.1, 0.15) is 25.4 Å². The van der Waals surface area contributed by atoms with Gasteiger partial charge in [0, 0.05) is 76.2 Å². The van der Waals surface area contributed by atoms with Gasteiger partial charge in [-0.15, -0.1) is 0 Å². The maximum Gasteiger partial charge on any atom is 0.407 e. The first-order valence-corrected chi connectivity index (χ1v) is 21.4. The minimum atomic E-state index is -0.690. The zero-order chi connectivity index (χ0) is 45.3. The molecule has 0 aliphatic carbocycles. The third-order valence-electron chi connectivity index (χ3n) is 9.83. The molecular formula is C43H72N4O14. The first-order chi connectivity index (χ1) is 28.9. The Morgan fingerprint density at radius 1 is 0.639 bits per heavy atom. The van der Waals surface area contributed by atoms with Crippen LogP contribution in [0.25, 0.3) is 0 Å². The number of hydrogen-bond acceptors (Lipinski definition) is 14. The van der Waals surface area contributed by atoms with Crippen LogP contribution in [0.1, 0.15) is 99.3 Å². The lowest BCUT2D eigenvalue weighted by Crippen LogP contribution is -2.38. The van der Waals surface area contributed by atoms with Crippen molar-refractivity contribution in [2.45, 2.75) is 123 Å². The number of likely N-dealkylation sites (tertiary alicyclic amines) is 2. The average Bonchev–Trinajstić information content (AvgIpc) is 3.82. The van der Waals surface area contributed by atoms with Gasteiger partial charge in [-0.1, -0.05) is 13.2 Å². The van der Waals surface area contributed by atoms with Gasteiger partial charge in [0.05, 0.1) is 50.7 Å². The maximum atomic E-state index is 12.6. The summed E-state index contributed by atoms with van der Waals surface area (Å²) in [6.45, 7) is 22.1. The van der Waals surface area contributed by atoms with E-state index < -0.39 is 47.5 Å². The van der Waals surface area contributed by atoms with Crippen molar-refractivity contribution in [2.75, 3.05) is 92.1 Å². The molecule has 2 saturated heterocycles. The molecule has 2 aliphatic rings. The lowest BCUT2D eigenvalue weighted by molar-refractivity contribution is -0.139. The molecule has 0 aromatic carbocycles. The molecule has 2 rings (SSSR count). The van der Waals surface area contributed by atoms with E-state index in [2.05, 4.69) is 23.8 Å². The van der Waals surface area contributed by atoms with Crippen molar-refractivity contribution in [3.8, 4) is 0 Å². The van der Waals surface area contributed by atoms with E-state index in [1.165, 1.54) is 13.8 Å². The fraction of sp³-hybridized carbons (Fsp3) is 0.767. The summed E-state index contributed by atoms with van der Waals surface area (Å²) in [7, 11) is 0. The first-order valence-electron chi connectivity index (χ1n) is 21.4. The van der Waals surface area contributed by atoms with Gasteiger partial charge in [-0.05, 0) is 73.6 Å². The number of nitrogens with zero attached hydrogens (tertiary/aromatic N) is 2. The van der Waals surface area contributed by atoms with Gasteiger partial charge < -0.3 is 58.3 Å². The quantitative estimate of drug-likeness (QED) is 0.0420. The molecule has 2 aliphatic heterocycles. The van der Waals surface area contributed by atoms with E-state index in [1.54, 1.807) is 0 Å². The Balaban J connectivity index is 1.80. The fourth-order valence-corrected chi connectivity index (χ4v) is 5.95. The third kappa shape index (κ3) is 24.1. The summed E-state index contributed by atoms with van der Waals surface area (Å²) in [4.78, 5) is 76.2. The molecule has 0 aromatic rings. The van der Waals surface area contributed by atoms with E-state index in [1.807, 2.05) is 37.5 Å². The summed E-state index contributed by atoms with van der Waals surface area (Å²) in [6.07, 6.45) is 2.70. The Morgan fingerprint density at radius 2 is 1.03 bits per heavy atom. The molecule has 4 amide bonds. The standard InChI is InChI=1S/C43H72N4O14/c1-32(2)38(50)56-28-18-44-40(52)60-34(30-58-42(5,6)16-22-46-20-9-12-36(46)48)14-26-54-24-11-25-55-27-15-35(61-41(53)45-19-29-57-39(51)33(3)4)31-59-43(7,8)17-23-47-21-10-13-37(47)49/h34-35H,1,3,9-31H2,2,4-8H3,(H,44,52)(H,45,53). The van der Waals surface area contributed by atoms with Gasteiger partial charge in [0.15, 0.2) is 0 Å². The molecule has 61 heavy (non-hydrogen) atoms. The van der Waals surface area contributed by atoms with Crippen LogP contribution in [0.5, 0.6) is 0 Å². The van der Waals surface area contributed by atoms with Gasteiger partial charge >= 0.3 is 24.1 Å². The lowest BCUT2D eigenvalue weighted by Gasteiger charge is -2.30. The summed E-state index contributed by atoms with van der Waals surface area (Å²) < 4.78 is 45.3. The predicted octanol–water partition coefficient (Wildman–Crippen LogP) is 4.23. The van der Waals surface area contributed by atoms with E-state index in [0.717, 1.165) is 25.9 Å². The second-order valence-corrected chi connectivity index (χ2v) is 16.5. The van der Waals surface area contributed by atoms with Gasteiger partial charge in [0.2, 0.25) is 11.8 Å². The number of esters is 2. The molecule has 18 nitrogen and oxygen atoms in total. The second-order valence-electron chi connectivity index (χ2n) is 16.5. The number of nitrogens with one attached hydrogen (secondary N) is 2. The molecule has 0 bridgehead atoms. The zero-order valence-electron chi connectivity index (χ0n) is 37.4. The van der Waals surface area contributed by atoms with Gasteiger partial charge in [0.25, 0.3) is 0 Å². The van der Waals surface area contributed by atoms with Crippen molar-refractivity contribution in [3.63, 3.8) is 0 Å². The number of carbonyl (C=O) groups excluding carboxylic acids is 6. The Morgan fingerprint density at radius 3 is 1.38 bits per heavy atom. The number of hydrogen-bond donors (Lipinski definition) is 2. The Hall–Kier alpha value is -4.26. The first kappa shape index (κ1) is 52.9. The Kier molecular flexibility index (Phi) is 24.6. The molecule has 18 heteroatoms. The van der Waals surface area contributed by atoms with Crippen LogP contribution in [0.3, 0.4) is 0 Å². The second kappa shape index (κ2) is 28.4. The largest absolute Gasteiger partial charge is 0.460 e. The van der Waals surface area contributed by atoms with Crippen LogP contribution in [0.15, 0.2) is 24.3 Å². The molecule has 0 spiro atoms. The number of amides is 4. The summed E-state index contributed by atoms with van der Waals surface area (Å²) >= 11 is 0. The molecular weight excluding hydrogens is 796 g/mol. The minimum absolute atomic E-state index is 0.0379. The molecule has 2 N–H and O–H groups in total. The van der Waals surface area contributed by atoms with Crippen molar-refractivity contribution in [3.05, 3.63) is 24.3 Å². The van der Waals surface area contributed by atoms with Crippen LogP contribution >= 0.6 is 0 Å². The van der Waals surface area contributed by atoms with E-state index in [9.17, 15) is 28.8 Å². The Labute approximate surface area is 361 Å². The summed E-state index contributed by atoms with van der Waals surface area (Å²) in [5, 5.41) is 5.15. The van der Waals surface area contributed by atoms with E-state index in [-0.39, 0.29) is 75.7 Å². The van der Waals surface area contributed by atoms with Gasteiger partial charge in [-0.3, -0.25) is 9.59 Å². The van der Waals surface area contributed by atoms with E-state index in [0.29, 0.717) is 71.2 Å². The predicted molar refractivity (Wildman–Crippen MR) is 225 cm³/mol. The summed E-state index contributed by atoms with van der Waals surface area (Å²) in [5.74, 6) is -0.802. The number of ether oxygens (including phenoxy) is 8. The maximum absolute atomic E-state index is 12.6. The highest BCUT2D eigenvalue weighted by Crippen LogP contribution is 2.21. The van der Waals surface area contributed by atoms with Crippen molar-refractivity contribution in [2.24, 2.45) is 0 Å². The highest BCUT2D eigenvalue weighted by molar-refractivity contribution is 5.87. The zero-order valence-corrected chi connectivity index (χ0v) is 37.4. The topological polar surface area (TPSA) is 207 Å². The van der Waals surface area contributed by atoms with Crippen molar-refractivity contribution in [1.29, 1.82) is 0 Å². The van der Waals surface area contributed by atoms with Gasteiger partial charge in [-0.2, -0.15) is 0 Å². The molecule has 2 fully saturated rings. The molecule has 0 saturated carbocycles. The number of rotatable bonds is 32. The molecule has 2 heterocycles. The summed E-state index contributed by atoms with van der Waals surface area (Å²) in [6, 6.07) is 0. The monoisotopic (exact) mass is 869 g/mol. The Bertz CT molecular complexity index is 1330.